The number of aromatic nitrogens is 2. The van der Waals surface area contributed by atoms with Gasteiger partial charge in [0, 0.05) is 25.6 Å². The molecule has 7 nitrogen and oxygen atoms in total. The molecule has 2 atom stereocenters. The lowest BCUT2D eigenvalue weighted by Crippen LogP contribution is -2.41. The number of fused-ring (bicyclic) bond motifs is 2. The Labute approximate surface area is 238 Å². The molecular formula is C29H36BN3O4S2. The fraction of sp³-hybridized carbons (Fsp3) is 0.517. The maximum Gasteiger partial charge on any atom is 0.505 e. The van der Waals surface area contributed by atoms with E-state index in [0.717, 1.165) is 33.6 Å². The molecule has 0 aliphatic carbocycles. The van der Waals surface area contributed by atoms with Crippen LogP contribution in [-0.2, 0) is 14.0 Å². The molecule has 2 saturated heterocycles. The number of thiophene rings is 2. The van der Waals surface area contributed by atoms with Crippen LogP contribution in [0.5, 0.6) is 0 Å². The van der Waals surface area contributed by atoms with E-state index in [0.29, 0.717) is 12.5 Å². The summed E-state index contributed by atoms with van der Waals surface area (Å²) in [5, 5.41) is 0. The van der Waals surface area contributed by atoms with Crippen molar-refractivity contribution in [2.45, 2.75) is 84.7 Å². The molecule has 2 unspecified atom stereocenters. The first kappa shape index (κ1) is 26.8. The predicted octanol–water partition coefficient (Wildman–Crippen LogP) is 7.12. The van der Waals surface area contributed by atoms with Gasteiger partial charge in [-0.1, -0.05) is 13.0 Å². The Hall–Kier alpha value is -2.40. The average molecular weight is 566 g/mol. The van der Waals surface area contributed by atoms with Crippen molar-refractivity contribution in [2.24, 2.45) is 5.92 Å². The van der Waals surface area contributed by atoms with Crippen LogP contribution in [-0.4, -0.2) is 51.4 Å². The quantitative estimate of drug-likeness (QED) is 0.268. The van der Waals surface area contributed by atoms with Gasteiger partial charge in [0.1, 0.15) is 11.4 Å². The first-order valence-electron chi connectivity index (χ1n) is 13.6. The van der Waals surface area contributed by atoms with Crippen molar-refractivity contribution in [1.29, 1.82) is 0 Å². The smallest absolute Gasteiger partial charge is 0.444 e. The molecule has 2 fully saturated rings. The van der Waals surface area contributed by atoms with Crippen molar-refractivity contribution < 1.29 is 18.8 Å². The van der Waals surface area contributed by atoms with Gasteiger partial charge in [-0.2, -0.15) is 0 Å². The highest BCUT2D eigenvalue weighted by Crippen LogP contribution is 2.41. The van der Waals surface area contributed by atoms with Gasteiger partial charge in [-0.25, -0.2) is 9.78 Å². The number of rotatable bonds is 3. The molecule has 6 rings (SSSR count). The monoisotopic (exact) mass is 565 g/mol. The van der Waals surface area contributed by atoms with Crippen LogP contribution >= 0.6 is 22.7 Å². The third kappa shape index (κ3) is 4.90. The molecule has 1 amide bonds. The number of likely N-dealkylation sites (tertiary alicyclic amines) is 1. The van der Waals surface area contributed by atoms with Crippen LogP contribution in [0.25, 0.3) is 30.9 Å². The Morgan fingerprint density at radius 1 is 1.10 bits per heavy atom. The molecule has 0 saturated carbocycles. The zero-order chi connectivity index (χ0) is 27.9. The van der Waals surface area contributed by atoms with E-state index in [1.807, 2.05) is 25.7 Å². The Kier molecular flexibility index (Phi) is 6.23. The van der Waals surface area contributed by atoms with Gasteiger partial charge in [0.15, 0.2) is 0 Å². The van der Waals surface area contributed by atoms with Gasteiger partial charge < -0.3 is 19.0 Å². The van der Waals surface area contributed by atoms with Crippen molar-refractivity contribution in [3.8, 4) is 10.4 Å². The number of imidazole rings is 1. The van der Waals surface area contributed by atoms with Gasteiger partial charge in [0.2, 0.25) is 0 Å². The lowest BCUT2D eigenvalue weighted by atomic mass is 9.88. The number of H-pyrrole nitrogens is 1. The van der Waals surface area contributed by atoms with Crippen LogP contribution in [0.1, 0.15) is 73.7 Å². The number of amides is 1. The molecule has 2 aliphatic heterocycles. The van der Waals surface area contributed by atoms with E-state index < -0.39 is 5.60 Å². The average Bonchev–Trinajstić information content (AvgIpc) is 3.59. The number of carbonyl (C=O) groups is 1. The molecule has 0 bridgehead atoms. The lowest BCUT2D eigenvalue weighted by molar-refractivity contribution is 0.00578. The van der Waals surface area contributed by atoms with E-state index in [1.165, 1.54) is 14.3 Å². The van der Waals surface area contributed by atoms with Gasteiger partial charge in [0.25, 0.3) is 0 Å². The fourth-order valence-electron chi connectivity index (χ4n) is 5.24. The SMILES string of the molecule is CC1CC(c2nc3ccc(-c4cc5sc(B6OC(C)(C)C(C)(C)O6)cc5s4)cc3[nH]2)N(C(=O)OC(C)(C)C)C1. The molecular weight excluding hydrogens is 529 g/mol. The topological polar surface area (TPSA) is 76.7 Å². The predicted molar refractivity (Wildman–Crippen MR) is 160 cm³/mol. The summed E-state index contributed by atoms with van der Waals surface area (Å²) < 4.78 is 21.8. The standard InChI is InChI=1S/C29H36BN3O4S2/c1-16-11-20(33(15-16)26(34)35-27(2,3)4)25-31-18-10-9-17(12-19(18)32-25)21-13-22-23(38-21)14-24(39-22)30-36-28(5,6)29(7,8)37-30/h9-10,12-14,16,20H,11,15H2,1-8H3,(H,31,32). The Morgan fingerprint density at radius 2 is 1.79 bits per heavy atom. The number of nitrogens with one attached hydrogen (secondary N) is 1. The van der Waals surface area contributed by atoms with Crippen molar-refractivity contribution >= 4 is 61.1 Å². The number of ether oxygens (including phenoxy) is 1. The van der Waals surface area contributed by atoms with Crippen molar-refractivity contribution in [1.82, 2.24) is 14.9 Å². The zero-order valence-corrected chi connectivity index (χ0v) is 25.5. The minimum atomic E-state index is -0.532. The van der Waals surface area contributed by atoms with E-state index in [9.17, 15) is 4.79 Å². The maximum atomic E-state index is 12.9. The van der Waals surface area contributed by atoms with Crippen LogP contribution < -0.4 is 4.78 Å². The minimum absolute atomic E-state index is 0.119. The summed E-state index contributed by atoms with van der Waals surface area (Å²) in [6, 6.07) is 10.7. The first-order valence-corrected chi connectivity index (χ1v) is 15.2. The van der Waals surface area contributed by atoms with E-state index in [1.54, 1.807) is 22.7 Å². The summed E-state index contributed by atoms with van der Waals surface area (Å²) in [7, 11) is -0.332. The van der Waals surface area contributed by atoms with Gasteiger partial charge in [-0.05, 0) is 90.6 Å². The Balaban J connectivity index is 1.25. The second-order valence-corrected chi connectivity index (χ2v) is 15.1. The molecule has 1 aromatic carbocycles. The summed E-state index contributed by atoms with van der Waals surface area (Å²) in [6.07, 6.45) is 0.578. The van der Waals surface area contributed by atoms with Gasteiger partial charge >= 0.3 is 13.2 Å². The minimum Gasteiger partial charge on any atom is -0.444 e. The second kappa shape index (κ2) is 9.06. The largest absolute Gasteiger partial charge is 0.505 e. The third-order valence-electron chi connectivity index (χ3n) is 7.95. The van der Waals surface area contributed by atoms with Crippen molar-refractivity contribution in [2.75, 3.05) is 6.54 Å². The highest BCUT2D eigenvalue weighted by Gasteiger charge is 2.52. The number of benzene rings is 1. The highest BCUT2D eigenvalue weighted by molar-refractivity contribution is 7.34. The van der Waals surface area contributed by atoms with Gasteiger partial charge in [-0.15, -0.1) is 22.7 Å². The first-order chi connectivity index (χ1) is 18.2. The molecule has 0 spiro atoms. The molecule has 3 aromatic heterocycles. The molecule has 1 N–H and O–H groups in total. The van der Waals surface area contributed by atoms with E-state index in [2.05, 4.69) is 69.9 Å². The highest BCUT2D eigenvalue weighted by atomic mass is 32.1. The summed E-state index contributed by atoms with van der Waals surface area (Å²) >= 11 is 3.51. The molecule has 10 heteroatoms. The summed E-state index contributed by atoms with van der Waals surface area (Å²) in [4.78, 5) is 24.3. The van der Waals surface area contributed by atoms with Crippen molar-refractivity contribution in [3.63, 3.8) is 0 Å². The number of hydrogen-bond acceptors (Lipinski definition) is 7. The van der Waals surface area contributed by atoms with Gasteiger partial charge in [-0.3, -0.25) is 4.90 Å². The number of carbonyl (C=O) groups excluding carboxylic acids is 1. The third-order valence-corrected chi connectivity index (χ3v) is 10.3. The zero-order valence-electron chi connectivity index (χ0n) is 23.9. The summed E-state index contributed by atoms with van der Waals surface area (Å²) in [5.41, 5.74) is 1.79. The molecule has 5 heterocycles. The maximum absolute atomic E-state index is 12.9. The van der Waals surface area contributed by atoms with E-state index in [4.69, 9.17) is 19.0 Å². The van der Waals surface area contributed by atoms with Crippen LogP contribution in [0, 0.1) is 5.92 Å². The molecule has 4 aromatic rings. The molecule has 0 radical (unpaired) electrons. The fourth-order valence-corrected chi connectivity index (χ4v) is 7.60. The van der Waals surface area contributed by atoms with Crippen LogP contribution in [0.4, 0.5) is 4.79 Å². The lowest BCUT2D eigenvalue weighted by Gasteiger charge is -2.32. The van der Waals surface area contributed by atoms with Crippen LogP contribution in [0.3, 0.4) is 0 Å². The Bertz CT molecular complexity index is 1520. The number of aromatic amines is 1. The number of nitrogens with zero attached hydrogens (tertiary/aromatic N) is 2. The van der Waals surface area contributed by atoms with E-state index in [-0.39, 0.29) is 30.5 Å². The van der Waals surface area contributed by atoms with Crippen molar-refractivity contribution in [3.05, 3.63) is 36.2 Å². The molecule has 206 valence electrons. The molecule has 39 heavy (non-hydrogen) atoms. The normalized spacial score (nSPS) is 22.9. The Morgan fingerprint density at radius 3 is 2.46 bits per heavy atom. The van der Waals surface area contributed by atoms with Crippen LogP contribution in [0.15, 0.2) is 30.3 Å². The summed E-state index contributed by atoms with van der Waals surface area (Å²) in [6.45, 7) is 16.9. The number of hydrogen-bond donors (Lipinski definition) is 1. The second-order valence-electron chi connectivity index (χ2n) is 12.9. The van der Waals surface area contributed by atoms with E-state index >= 15 is 0 Å². The summed E-state index contributed by atoms with van der Waals surface area (Å²) in [5.74, 6) is 1.20. The van der Waals surface area contributed by atoms with Gasteiger partial charge in [0.05, 0.1) is 28.3 Å². The molecule has 2 aliphatic rings. The van der Waals surface area contributed by atoms with Crippen LogP contribution in [0.2, 0.25) is 0 Å².